The highest BCUT2D eigenvalue weighted by atomic mass is 16.3. The van der Waals surface area contributed by atoms with Gasteiger partial charge < -0.3 is 9.67 Å². The summed E-state index contributed by atoms with van der Waals surface area (Å²) in [6.07, 6.45) is 1.59. The van der Waals surface area contributed by atoms with Crippen molar-refractivity contribution in [3.8, 4) is 0 Å². The highest BCUT2D eigenvalue weighted by Crippen LogP contribution is 2.08. The average molecular weight is 323 g/mol. The Morgan fingerprint density at radius 1 is 1.26 bits per heavy atom. The van der Waals surface area contributed by atoms with Crippen LogP contribution in [-0.4, -0.2) is 53.9 Å². The van der Waals surface area contributed by atoms with Crippen LogP contribution in [0.5, 0.6) is 0 Å². The number of aryl methyl sites for hydroxylation is 1. The molecule has 0 amide bonds. The Morgan fingerprint density at radius 2 is 1.91 bits per heavy atom. The molecule has 2 aromatic heterocycles. The van der Waals surface area contributed by atoms with Crippen molar-refractivity contribution >= 4 is 11.2 Å². The largest absolute Gasteiger partial charge is 0.389 e. The molecular weight excluding hydrogens is 298 g/mol. The summed E-state index contributed by atoms with van der Waals surface area (Å²) in [4.78, 5) is 30.6. The van der Waals surface area contributed by atoms with Gasteiger partial charge in [0.05, 0.1) is 11.9 Å². The van der Waals surface area contributed by atoms with E-state index >= 15 is 0 Å². The minimum atomic E-state index is -0.771. The third-order valence-electron chi connectivity index (χ3n) is 3.93. The molecular formula is C15H25N5O3. The Labute approximate surface area is 134 Å². The van der Waals surface area contributed by atoms with Crippen LogP contribution >= 0.6 is 0 Å². The van der Waals surface area contributed by atoms with Gasteiger partial charge in [-0.25, -0.2) is 9.78 Å². The number of hydrogen-bond donors (Lipinski definition) is 1. The van der Waals surface area contributed by atoms with Gasteiger partial charge in [-0.3, -0.25) is 18.8 Å². The third-order valence-corrected chi connectivity index (χ3v) is 3.93. The predicted molar refractivity (Wildman–Crippen MR) is 88.6 cm³/mol. The van der Waals surface area contributed by atoms with Crippen LogP contribution in [0, 0.1) is 0 Å². The zero-order valence-electron chi connectivity index (χ0n) is 14.4. The van der Waals surface area contributed by atoms with Gasteiger partial charge in [-0.15, -0.1) is 0 Å². The van der Waals surface area contributed by atoms with Crippen LogP contribution in [0.25, 0.3) is 11.2 Å². The molecule has 2 rings (SSSR count). The lowest BCUT2D eigenvalue weighted by Crippen LogP contribution is -2.40. The molecule has 0 radical (unpaired) electrons. The summed E-state index contributed by atoms with van der Waals surface area (Å²) in [7, 11) is 3.07. The average Bonchev–Trinajstić information content (AvgIpc) is 2.90. The normalized spacial score (nSPS) is 12.5. The highest BCUT2D eigenvalue weighted by Gasteiger charge is 2.18. The van der Waals surface area contributed by atoms with E-state index < -0.39 is 5.60 Å². The van der Waals surface area contributed by atoms with Crippen LogP contribution in [0.4, 0.5) is 0 Å². The molecule has 8 heteroatoms. The van der Waals surface area contributed by atoms with Crippen molar-refractivity contribution in [3.63, 3.8) is 0 Å². The van der Waals surface area contributed by atoms with E-state index in [1.165, 1.54) is 11.6 Å². The van der Waals surface area contributed by atoms with Gasteiger partial charge in [-0.2, -0.15) is 0 Å². The summed E-state index contributed by atoms with van der Waals surface area (Å²) >= 11 is 0. The molecule has 2 heterocycles. The van der Waals surface area contributed by atoms with Crippen LogP contribution in [0.15, 0.2) is 15.9 Å². The number of nitrogens with zero attached hydrogens (tertiary/aromatic N) is 5. The van der Waals surface area contributed by atoms with E-state index in [1.807, 2.05) is 6.92 Å². The minimum absolute atomic E-state index is 0.342. The van der Waals surface area contributed by atoms with E-state index in [0.29, 0.717) is 30.8 Å². The first kappa shape index (κ1) is 17.4. The fourth-order valence-electron chi connectivity index (χ4n) is 2.71. The fraction of sp³-hybridized carbons (Fsp3) is 0.667. The van der Waals surface area contributed by atoms with E-state index in [1.54, 1.807) is 31.8 Å². The SMILES string of the molecule is CCN(CCn1cnc2c1c(=O)n(C)c(=O)n2C)CC(C)(C)O. The number of aromatic nitrogens is 4. The first-order valence-electron chi connectivity index (χ1n) is 7.71. The molecule has 0 aliphatic heterocycles. The molecule has 23 heavy (non-hydrogen) atoms. The number of fused-ring (bicyclic) bond motifs is 1. The van der Waals surface area contributed by atoms with Crippen molar-refractivity contribution in [2.45, 2.75) is 32.9 Å². The Morgan fingerprint density at radius 3 is 2.48 bits per heavy atom. The van der Waals surface area contributed by atoms with Gasteiger partial charge in [0, 0.05) is 33.7 Å². The van der Waals surface area contributed by atoms with E-state index in [0.717, 1.165) is 11.1 Å². The number of aliphatic hydroxyl groups is 1. The van der Waals surface area contributed by atoms with Gasteiger partial charge >= 0.3 is 5.69 Å². The van der Waals surface area contributed by atoms with Crippen molar-refractivity contribution in [2.24, 2.45) is 14.1 Å². The predicted octanol–water partition coefficient (Wildman–Crippen LogP) is -0.473. The molecule has 8 nitrogen and oxygen atoms in total. The maximum Gasteiger partial charge on any atom is 0.332 e. The summed E-state index contributed by atoms with van der Waals surface area (Å²) in [5.41, 5.74) is -0.679. The van der Waals surface area contributed by atoms with Crippen LogP contribution in [0.2, 0.25) is 0 Å². The Kier molecular flexibility index (Phi) is 4.76. The van der Waals surface area contributed by atoms with Crippen molar-refractivity contribution in [3.05, 3.63) is 27.2 Å². The van der Waals surface area contributed by atoms with Crippen LogP contribution in [-0.2, 0) is 20.6 Å². The van der Waals surface area contributed by atoms with Crippen LogP contribution in [0.1, 0.15) is 20.8 Å². The second-order valence-electron chi connectivity index (χ2n) is 6.50. The summed E-state index contributed by atoms with van der Waals surface area (Å²) in [6.45, 7) is 8.16. The van der Waals surface area contributed by atoms with Gasteiger partial charge in [0.15, 0.2) is 11.2 Å². The lowest BCUT2D eigenvalue weighted by molar-refractivity contribution is 0.0369. The zero-order valence-corrected chi connectivity index (χ0v) is 14.4. The summed E-state index contributed by atoms with van der Waals surface area (Å²) < 4.78 is 4.24. The van der Waals surface area contributed by atoms with Crippen LogP contribution < -0.4 is 11.2 Å². The van der Waals surface area contributed by atoms with Crippen molar-refractivity contribution in [1.82, 2.24) is 23.6 Å². The highest BCUT2D eigenvalue weighted by molar-refractivity contribution is 5.69. The number of hydrogen-bond acceptors (Lipinski definition) is 5. The third kappa shape index (κ3) is 3.53. The molecule has 0 saturated heterocycles. The van der Waals surface area contributed by atoms with Gasteiger partial charge in [0.1, 0.15) is 0 Å². The lowest BCUT2D eigenvalue weighted by atomic mass is 10.1. The first-order chi connectivity index (χ1) is 10.7. The number of imidazole rings is 1. The zero-order chi connectivity index (χ0) is 17.4. The molecule has 0 bridgehead atoms. The second kappa shape index (κ2) is 6.29. The molecule has 0 aliphatic carbocycles. The minimum Gasteiger partial charge on any atom is -0.389 e. The van der Waals surface area contributed by atoms with Gasteiger partial charge in [-0.05, 0) is 20.4 Å². The lowest BCUT2D eigenvalue weighted by Gasteiger charge is -2.28. The molecule has 0 fully saturated rings. The summed E-state index contributed by atoms with van der Waals surface area (Å²) in [5, 5.41) is 9.94. The Balaban J connectivity index is 2.32. The molecule has 0 atom stereocenters. The monoisotopic (exact) mass is 323 g/mol. The standard InChI is InChI=1S/C15H25N5O3/c1-6-19(9-15(2,3)23)7-8-20-10-16-12-11(20)13(21)18(5)14(22)17(12)4/h10,23H,6-9H2,1-5H3. The Hall–Kier alpha value is -1.93. The molecule has 0 unspecified atom stereocenters. The maximum atomic E-state index is 12.4. The van der Waals surface area contributed by atoms with Crippen molar-refractivity contribution in [1.29, 1.82) is 0 Å². The Bertz CT molecular complexity index is 809. The van der Waals surface area contributed by atoms with E-state index in [-0.39, 0.29) is 11.2 Å². The molecule has 0 aromatic carbocycles. The van der Waals surface area contributed by atoms with Gasteiger partial charge in [0.25, 0.3) is 5.56 Å². The van der Waals surface area contributed by atoms with E-state index in [2.05, 4.69) is 9.88 Å². The topological polar surface area (TPSA) is 85.3 Å². The van der Waals surface area contributed by atoms with E-state index in [9.17, 15) is 14.7 Å². The number of likely N-dealkylation sites (N-methyl/N-ethyl adjacent to an activating group) is 1. The van der Waals surface area contributed by atoms with Crippen molar-refractivity contribution < 1.29 is 5.11 Å². The first-order valence-corrected chi connectivity index (χ1v) is 7.71. The van der Waals surface area contributed by atoms with Gasteiger partial charge in [-0.1, -0.05) is 6.92 Å². The molecule has 0 spiro atoms. The molecule has 0 aliphatic rings. The maximum absolute atomic E-state index is 12.4. The fourth-order valence-corrected chi connectivity index (χ4v) is 2.71. The quantitative estimate of drug-likeness (QED) is 0.776. The summed E-state index contributed by atoms with van der Waals surface area (Å²) in [6, 6.07) is 0. The van der Waals surface area contributed by atoms with Crippen molar-refractivity contribution in [2.75, 3.05) is 19.6 Å². The molecule has 1 N–H and O–H groups in total. The molecule has 0 saturated carbocycles. The van der Waals surface area contributed by atoms with Gasteiger partial charge in [0.2, 0.25) is 0 Å². The molecule has 2 aromatic rings. The van der Waals surface area contributed by atoms with E-state index in [4.69, 9.17) is 0 Å². The molecule has 128 valence electrons. The smallest absolute Gasteiger partial charge is 0.332 e. The summed E-state index contributed by atoms with van der Waals surface area (Å²) in [5.74, 6) is 0. The van der Waals surface area contributed by atoms with Crippen LogP contribution in [0.3, 0.4) is 0 Å². The second-order valence-corrected chi connectivity index (χ2v) is 6.50. The number of rotatable bonds is 6.